The normalized spacial score (nSPS) is 12.9. The van der Waals surface area contributed by atoms with E-state index in [0.29, 0.717) is 12.8 Å². The maximum atomic E-state index is 14.0. The van der Waals surface area contributed by atoms with Crippen molar-refractivity contribution in [3.05, 3.63) is 0 Å². The average molecular weight is 854 g/mol. The lowest BCUT2D eigenvalue weighted by atomic mass is 10.0. The van der Waals surface area contributed by atoms with Gasteiger partial charge in [0.15, 0.2) is 29.8 Å². The molecule has 0 aromatic rings. The van der Waals surface area contributed by atoms with Crippen LogP contribution in [0.4, 0.5) is 0 Å². The summed E-state index contributed by atoms with van der Waals surface area (Å²) < 4.78 is 0. The van der Waals surface area contributed by atoms with E-state index in [-0.39, 0.29) is 114 Å². The van der Waals surface area contributed by atoms with Crippen LogP contribution in [0.3, 0.4) is 0 Å². The molecule has 6 amide bonds. The van der Waals surface area contributed by atoms with Gasteiger partial charge in [-0.05, 0) is 64.2 Å². The fourth-order valence-corrected chi connectivity index (χ4v) is 5.37. The molecule has 26 N–H and O–H groups in total. The van der Waals surface area contributed by atoms with E-state index < -0.39 is 65.7 Å². The van der Waals surface area contributed by atoms with E-state index in [9.17, 15) is 28.8 Å². The second kappa shape index (κ2) is 30.3. The van der Waals surface area contributed by atoms with Crippen LogP contribution in [0.5, 0.6) is 0 Å². The number of likely N-dealkylation sites (N-methyl/N-ethyl adjacent to an activating group) is 1. The highest BCUT2D eigenvalue weighted by atomic mass is 16.2. The molecule has 0 bridgehead atoms. The summed E-state index contributed by atoms with van der Waals surface area (Å²) in [7, 11) is 1.40. The number of guanidine groups is 5. The number of nitrogens with one attached hydrogen (secondary N) is 6. The summed E-state index contributed by atoms with van der Waals surface area (Å²) in [6.07, 6.45) is 1.49. The van der Waals surface area contributed by atoms with Crippen molar-refractivity contribution >= 4 is 65.2 Å². The quantitative estimate of drug-likeness (QED) is 0.0181. The third kappa shape index (κ3) is 26.2. The summed E-state index contributed by atoms with van der Waals surface area (Å²) in [6, 6.07) is -5.93. The van der Waals surface area contributed by atoms with Crippen molar-refractivity contribution < 1.29 is 28.8 Å². The second-order valence-electron chi connectivity index (χ2n) is 13.4. The first kappa shape index (κ1) is 53.2. The minimum Gasteiger partial charge on any atom is -0.370 e. The van der Waals surface area contributed by atoms with Gasteiger partial charge < -0.3 is 89.2 Å². The first-order valence-corrected chi connectivity index (χ1v) is 19.2. The number of hydrogen-bond donors (Lipinski definition) is 16. The van der Waals surface area contributed by atoms with Crippen molar-refractivity contribution in [3.63, 3.8) is 0 Å². The predicted octanol–water partition coefficient (Wildman–Crippen LogP) is -7.56. The molecule has 5 atom stereocenters. The lowest BCUT2D eigenvalue weighted by Crippen LogP contribution is -2.59. The molecule has 0 fully saturated rings. The Balaban J connectivity index is 6.62. The molecule has 0 aliphatic rings. The molecule has 0 heterocycles. The number of carbonyl (C=O) groups is 6. The molecule has 0 aliphatic heterocycles. The van der Waals surface area contributed by atoms with E-state index >= 15 is 0 Å². The average Bonchev–Trinajstić information content (AvgIpc) is 3.16. The lowest BCUT2D eigenvalue weighted by Gasteiger charge is -2.27. The lowest BCUT2D eigenvalue weighted by molar-refractivity contribution is -0.135. The Morgan fingerprint density at radius 1 is 0.367 bits per heavy atom. The van der Waals surface area contributed by atoms with Crippen molar-refractivity contribution in [2.75, 3.05) is 39.8 Å². The van der Waals surface area contributed by atoms with Gasteiger partial charge in [0.25, 0.3) is 0 Å². The molecule has 0 spiro atoms. The minimum atomic E-state index is -1.31. The minimum absolute atomic E-state index is 0.00261. The van der Waals surface area contributed by atoms with E-state index in [4.69, 9.17) is 57.3 Å². The van der Waals surface area contributed by atoms with Crippen LogP contribution in [0.25, 0.3) is 0 Å². The summed E-state index contributed by atoms with van der Waals surface area (Å²) in [5, 5.41) is 15.7. The molecule has 27 heteroatoms. The Morgan fingerprint density at radius 3 is 0.750 bits per heavy atom. The number of hydrogen-bond acceptors (Lipinski definition) is 11. The fraction of sp³-hybridized carbons (Fsp3) is 0.667. The predicted molar refractivity (Wildman–Crippen MR) is 229 cm³/mol. The van der Waals surface area contributed by atoms with Gasteiger partial charge in [0, 0.05) is 46.7 Å². The van der Waals surface area contributed by atoms with Gasteiger partial charge in [-0.15, -0.1) is 0 Å². The van der Waals surface area contributed by atoms with Gasteiger partial charge in [-0.2, -0.15) is 0 Å². The van der Waals surface area contributed by atoms with Gasteiger partial charge in [-0.1, -0.05) is 0 Å². The van der Waals surface area contributed by atoms with Crippen LogP contribution in [0.1, 0.15) is 71.1 Å². The van der Waals surface area contributed by atoms with Crippen molar-refractivity contribution in [1.82, 2.24) is 31.9 Å². The maximum absolute atomic E-state index is 14.0. The van der Waals surface area contributed by atoms with Gasteiger partial charge in [0.05, 0.1) is 0 Å². The molecule has 27 nitrogen and oxygen atoms in total. The molecule has 0 aromatic heterocycles. The third-order valence-electron chi connectivity index (χ3n) is 8.20. The molecule has 3 unspecified atom stereocenters. The molecule has 0 saturated carbocycles. The fourth-order valence-electron chi connectivity index (χ4n) is 5.37. The smallest absolute Gasteiger partial charge is 0.243 e. The largest absolute Gasteiger partial charge is 0.370 e. The van der Waals surface area contributed by atoms with E-state index in [1.807, 2.05) is 0 Å². The summed E-state index contributed by atoms with van der Waals surface area (Å²) in [4.78, 5) is 99.5. The Kier molecular flexibility index (Phi) is 26.8. The van der Waals surface area contributed by atoms with Crippen molar-refractivity contribution in [2.24, 2.45) is 82.3 Å². The number of carbonyl (C=O) groups excluding carboxylic acids is 6. The van der Waals surface area contributed by atoms with Crippen molar-refractivity contribution in [2.45, 2.75) is 101 Å². The highest BCUT2D eigenvalue weighted by Crippen LogP contribution is 2.09. The zero-order valence-electron chi connectivity index (χ0n) is 34.5. The van der Waals surface area contributed by atoms with Crippen LogP contribution in [-0.4, -0.2) is 135 Å². The van der Waals surface area contributed by atoms with Crippen LogP contribution in [-0.2, 0) is 28.8 Å². The Bertz CT molecular complexity index is 1530. The highest BCUT2D eigenvalue weighted by molar-refractivity contribution is 5.96. The topological polar surface area (TPSA) is 497 Å². The zero-order chi connectivity index (χ0) is 45.6. The highest BCUT2D eigenvalue weighted by Gasteiger charge is 2.32. The monoisotopic (exact) mass is 854 g/mol. The molecule has 60 heavy (non-hydrogen) atoms. The molecular formula is C33H67N21O6. The number of aliphatic imine (C=N–C) groups is 5. The van der Waals surface area contributed by atoms with E-state index in [1.165, 1.54) is 14.0 Å². The van der Waals surface area contributed by atoms with Crippen LogP contribution < -0.4 is 89.2 Å². The van der Waals surface area contributed by atoms with Crippen molar-refractivity contribution in [1.29, 1.82) is 0 Å². The maximum Gasteiger partial charge on any atom is 0.243 e. The number of amides is 6. The second-order valence-corrected chi connectivity index (χ2v) is 13.4. The number of rotatable bonds is 30. The Hall–Kier alpha value is -6.83. The molecule has 0 rings (SSSR count). The summed E-state index contributed by atoms with van der Waals surface area (Å²) in [5.74, 6) is -4.86. The van der Waals surface area contributed by atoms with Crippen LogP contribution in [0.2, 0.25) is 0 Å². The molecule has 0 aliphatic carbocycles. The Morgan fingerprint density at radius 2 is 0.567 bits per heavy atom. The first-order valence-electron chi connectivity index (χ1n) is 19.2. The summed E-state index contributed by atoms with van der Waals surface area (Å²) >= 11 is 0. The standard InChI is InChI=1S/C33H67N21O6/c1-18(55)50-20(9-4-14-46-30(36)37)25(57)52-22(11-6-16-48-32(40)41)27(59)54-23(12-7-17-49-33(42)43)28(60)53-21(10-5-15-47-31(38)39)26(58)51-19(24(56)44-2)8-3-13-45-29(34)35/h19-23H,3-17H2,1-2H3,(H,44,56)(H,50,55)(H,51,58)(H,52,57)(H,53,60)(H,54,59)(H4,34,35,45)(H4,36,37,46)(H4,38,39,47)(H4,40,41,48)(H4,42,43,49)/t19?,20?,21-,22-,23?/m1/s1. The zero-order valence-corrected chi connectivity index (χ0v) is 34.5. The molecular weight excluding hydrogens is 787 g/mol. The molecule has 340 valence electrons. The van der Waals surface area contributed by atoms with E-state index in [0.717, 1.165) is 0 Å². The SMILES string of the molecule is CNC(=O)C(CCCN=C(N)N)NC(=O)[C@@H](CCCN=C(N)N)NC(=O)C(CCCN=C(N)N)NC(=O)[C@@H](CCCN=C(N)N)NC(=O)C(CCCN=C(N)N)NC(C)=O. The van der Waals surface area contributed by atoms with Gasteiger partial charge in [-0.25, -0.2) is 0 Å². The number of nitrogens with zero attached hydrogens (tertiary/aromatic N) is 5. The van der Waals surface area contributed by atoms with Crippen LogP contribution in [0.15, 0.2) is 25.0 Å². The Labute approximate surface area is 349 Å². The van der Waals surface area contributed by atoms with Gasteiger partial charge >= 0.3 is 0 Å². The van der Waals surface area contributed by atoms with E-state index in [2.05, 4.69) is 56.9 Å². The van der Waals surface area contributed by atoms with Crippen molar-refractivity contribution in [3.8, 4) is 0 Å². The molecule has 0 saturated heterocycles. The van der Waals surface area contributed by atoms with Crippen LogP contribution >= 0.6 is 0 Å². The molecule has 0 radical (unpaired) electrons. The number of nitrogens with two attached hydrogens (primary N) is 10. The van der Waals surface area contributed by atoms with Gasteiger partial charge in [-0.3, -0.25) is 53.7 Å². The molecule has 0 aromatic carbocycles. The van der Waals surface area contributed by atoms with E-state index in [1.54, 1.807) is 0 Å². The van der Waals surface area contributed by atoms with Gasteiger partial charge in [0.2, 0.25) is 35.4 Å². The van der Waals surface area contributed by atoms with Crippen LogP contribution in [0, 0.1) is 0 Å². The third-order valence-corrected chi connectivity index (χ3v) is 8.20. The summed E-state index contributed by atoms with van der Waals surface area (Å²) in [6.45, 7) is 1.87. The first-order chi connectivity index (χ1) is 28.3. The van der Waals surface area contributed by atoms with Gasteiger partial charge in [0.1, 0.15) is 30.2 Å². The summed E-state index contributed by atoms with van der Waals surface area (Å²) in [5.41, 5.74) is 54.3.